The molecule has 0 aliphatic rings. The quantitative estimate of drug-likeness (QED) is 0.745. The number of aliphatic hydroxyl groups excluding tert-OH is 1. The minimum absolute atomic E-state index is 0.118. The van der Waals surface area contributed by atoms with Crippen molar-refractivity contribution in [2.45, 2.75) is 12.4 Å². The van der Waals surface area contributed by atoms with Crippen molar-refractivity contribution >= 4 is 9.84 Å². The van der Waals surface area contributed by atoms with Crippen molar-refractivity contribution in [2.24, 2.45) is 0 Å². The minimum Gasteiger partial charge on any atom is -0.463 e. The van der Waals surface area contributed by atoms with Gasteiger partial charge in [0.15, 0.2) is 9.84 Å². The van der Waals surface area contributed by atoms with Crippen LogP contribution < -0.4 is 0 Å². The molecule has 0 amide bonds. The van der Waals surface area contributed by atoms with Gasteiger partial charge in [-0.15, -0.1) is 0 Å². The molecular weight excluding hydrogens is 180 g/mol. The summed E-state index contributed by atoms with van der Waals surface area (Å²) in [5.41, 5.74) is 0. The topological polar surface area (TPSA) is 67.5 Å². The Labute approximate surface area is 70.7 Å². The summed E-state index contributed by atoms with van der Waals surface area (Å²) in [4.78, 5) is 0. The van der Waals surface area contributed by atoms with E-state index in [1.807, 2.05) is 0 Å². The maximum absolute atomic E-state index is 10.8. The smallest absolute Gasteiger partial charge is 0.154 e. The van der Waals surface area contributed by atoms with Gasteiger partial charge in [-0.1, -0.05) is 0 Å². The zero-order chi connectivity index (χ0) is 9.19. The van der Waals surface area contributed by atoms with Crippen LogP contribution in [0.1, 0.15) is 11.5 Å². The lowest BCUT2D eigenvalue weighted by Gasteiger charge is -1.92. The highest BCUT2D eigenvalue weighted by Gasteiger charge is 2.08. The van der Waals surface area contributed by atoms with Crippen LogP contribution in [-0.2, 0) is 22.2 Å². The zero-order valence-electron chi connectivity index (χ0n) is 6.65. The SMILES string of the molecule is CS(=O)(=O)Cc1ccc(CO)o1. The van der Waals surface area contributed by atoms with Crippen LogP contribution in [0.5, 0.6) is 0 Å². The standard InChI is InChI=1S/C7H10O4S/c1-12(9,10)5-7-3-2-6(4-8)11-7/h2-3,8H,4-5H2,1H3. The molecule has 0 fully saturated rings. The second kappa shape index (κ2) is 3.28. The van der Waals surface area contributed by atoms with Crippen molar-refractivity contribution in [2.75, 3.05) is 6.26 Å². The first-order valence-corrected chi connectivity index (χ1v) is 5.43. The van der Waals surface area contributed by atoms with Crippen LogP contribution in [0.3, 0.4) is 0 Å². The van der Waals surface area contributed by atoms with E-state index < -0.39 is 9.84 Å². The van der Waals surface area contributed by atoms with Gasteiger partial charge in [0.2, 0.25) is 0 Å². The fourth-order valence-electron chi connectivity index (χ4n) is 0.843. The van der Waals surface area contributed by atoms with E-state index >= 15 is 0 Å². The Kier molecular flexibility index (Phi) is 2.54. The van der Waals surface area contributed by atoms with Crippen molar-refractivity contribution in [3.05, 3.63) is 23.7 Å². The van der Waals surface area contributed by atoms with Crippen LogP contribution in [0.25, 0.3) is 0 Å². The minimum atomic E-state index is -3.05. The zero-order valence-corrected chi connectivity index (χ0v) is 7.47. The first-order valence-electron chi connectivity index (χ1n) is 3.37. The maximum Gasteiger partial charge on any atom is 0.154 e. The molecule has 5 heteroatoms. The van der Waals surface area contributed by atoms with Crippen molar-refractivity contribution in [3.8, 4) is 0 Å². The van der Waals surface area contributed by atoms with E-state index in [-0.39, 0.29) is 12.4 Å². The van der Waals surface area contributed by atoms with Crippen LogP contribution in [0.2, 0.25) is 0 Å². The Bertz CT molecular complexity index is 349. The fraction of sp³-hybridized carbons (Fsp3) is 0.429. The molecule has 0 bridgehead atoms. The highest BCUT2D eigenvalue weighted by atomic mass is 32.2. The predicted molar refractivity (Wildman–Crippen MR) is 43.2 cm³/mol. The number of hydrogen-bond acceptors (Lipinski definition) is 4. The third-order valence-electron chi connectivity index (χ3n) is 1.28. The van der Waals surface area contributed by atoms with Crippen LogP contribution in [0.15, 0.2) is 16.5 Å². The summed E-state index contributed by atoms with van der Waals surface area (Å²) in [6.45, 7) is -0.205. The monoisotopic (exact) mass is 190 g/mol. The van der Waals surface area contributed by atoms with Gasteiger partial charge < -0.3 is 9.52 Å². The van der Waals surface area contributed by atoms with E-state index in [2.05, 4.69) is 0 Å². The van der Waals surface area contributed by atoms with Crippen LogP contribution in [0, 0.1) is 0 Å². The maximum atomic E-state index is 10.8. The third kappa shape index (κ3) is 2.67. The van der Waals surface area contributed by atoms with E-state index in [4.69, 9.17) is 9.52 Å². The molecule has 0 aliphatic heterocycles. The molecule has 0 radical (unpaired) electrons. The fourth-order valence-corrected chi connectivity index (χ4v) is 1.52. The van der Waals surface area contributed by atoms with E-state index in [0.29, 0.717) is 11.5 Å². The molecule has 1 N–H and O–H groups in total. The summed E-state index contributed by atoms with van der Waals surface area (Å²) in [7, 11) is -3.05. The molecule has 12 heavy (non-hydrogen) atoms. The largest absolute Gasteiger partial charge is 0.463 e. The van der Waals surface area contributed by atoms with E-state index in [9.17, 15) is 8.42 Å². The van der Waals surface area contributed by atoms with Crippen molar-refractivity contribution < 1.29 is 17.9 Å². The van der Waals surface area contributed by atoms with Crippen LogP contribution in [-0.4, -0.2) is 19.8 Å². The van der Waals surface area contributed by atoms with Gasteiger partial charge in [0.25, 0.3) is 0 Å². The summed E-state index contributed by atoms with van der Waals surface area (Å²) in [5.74, 6) is 0.628. The van der Waals surface area contributed by atoms with Gasteiger partial charge in [0, 0.05) is 6.26 Å². The number of furan rings is 1. The van der Waals surface area contributed by atoms with Gasteiger partial charge in [-0.3, -0.25) is 0 Å². The Morgan fingerprint density at radius 2 is 2.00 bits per heavy atom. The molecule has 0 saturated heterocycles. The first kappa shape index (κ1) is 9.28. The molecule has 0 atom stereocenters. The van der Waals surface area contributed by atoms with Crippen molar-refractivity contribution in [1.29, 1.82) is 0 Å². The van der Waals surface area contributed by atoms with Gasteiger partial charge in [-0.25, -0.2) is 8.42 Å². The second-order valence-corrected chi connectivity index (χ2v) is 4.74. The molecule has 1 aromatic heterocycles. The molecule has 4 nitrogen and oxygen atoms in total. The Hall–Kier alpha value is -0.810. The van der Waals surface area contributed by atoms with Gasteiger partial charge >= 0.3 is 0 Å². The van der Waals surface area contributed by atoms with Gasteiger partial charge in [-0.2, -0.15) is 0 Å². The summed E-state index contributed by atoms with van der Waals surface area (Å²) in [5, 5.41) is 8.61. The molecular formula is C7H10O4S. The average Bonchev–Trinajstić information content (AvgIpc) is 2.32. The number of hydrogen-bond donors (Lipinski definition) is 1. The van der Waals surface area contributed by atoms with Gasteiger partial charge in [-0.05, 0) is 12.1 Å². The van der Waals surface area contributed by atoms with Crippen molar-refractivity contribution in [3.63, 3.8) is 0 Å². The lowest BCUT2D eigenvalue weighted by atomic mass is 10.4. The molecule has 0 aliphatic carbocycles. The summed E-state index contributed by atoms with van der Waals surface area (Å²) in [6.07, 6.45) is 1.13. The molecule has 1 rings (SSSR count). The number of sulfone groups is 1. The van der Waals surface area contributed by atoms with Crippen LogP contribution >= 0.6 is 0 Å². The second-order valence-electron chi connectivity index (χ2n) is 2.60. The number of rotatable bonds is 3. The predicted octanol–water partition coefficient (Wildman–Crippen LogP) is 0.317. The van der Waals surface area contributed by atoms with E-state index in [1.165, 1.54) is 0 Å². The van der Waals surface area contributed by atoms with Gasteiger partial charge in [0.05, 0.1) is 0 Å². The summed E-state index contributed by atoms with van der Waals surface area (Å²) >= 11 is 0. The molecule has 0 saturated carbocycles. The Morgan fingerprint density at radius 3 is 2.42 bits per heavy atom. The van der Waals surface area contributed by atoms with Crippen molar-refractivity contribution in [1.82, 2.24) is 0 Å². The molecule has 68 valence electrons. The number of aliphatic hydroxyl groups is 1. The van der Waals surface area contributed by atoms with E-state index in [0.717, 1.165) is 6.26 Å². The molecule has 0 aromatic carbocycles. The molecule has 1 heterocycles. The summed E-state index contributed by atoms with van der Waals surface area (Å²) < 4.78 is 26.5. The summed E-state index contributed by atoms with van der Waals surface area (Å²) in [6, 6.07) is 3.10. The Morgan fingerprint density at radius 1 is 1.42 bits per heavy atom. The highest BCUT2D eigenvalue weighted by Crippen LogP contribution is 2.10. The molecule has 0 spiro atoms. The lowest BCUT2D eigenvalue weighted by Crippen LogP contribution is -1.98. The van der Waals surface area contributed by atoms with Gasteiger partial charge in [0.1, 0.15) is 23.9 Å². The third-order valence-corrected chi connectivity index (χ3v) is 2.09. The van der Waals surface area contributed by atoms with Crippen LogP contribution in [0.4, 0.5) is 0 Å². The normalized spacial score (nSPS) is 11.8. The molecule has 0 unspecified atom stereocenters. The van der Waals surface area contributed by atoms with E-state index in [1.54, 1.807) is 12.1 Å². The molecule has 1 aromatic rings. The lowest BCUT2D eigenvalue weighted by molar-refractivity contribution is 0.244. The average molecular weight is 190 g/mol. The Balaban J connectivity index is 2.78. The highest BCUT2D eigenvalue weighted by molar-refractivity contribution is 7.89. The first-order chi connectivity index (χ1) is 5.51.